The zero-order valence-corrected chi connectivity index (χ0v) is 12.0. The average molecular weight is 275 g/mol. The Hall–Kier alpha value is -2.01. The third-order valence-electron chi connectivity index (χ3n) is 2.95. The van der Waals surface area contributed by atoms with Crippen LogP contribution in [0.3, 0.4) is 0 Å². The van der Waals surface area contributed by atoms with Gasteiger partial charge in [-0.3, -0.25) is 0 Å². The topological polar surface area (TPSA) is 59.2 Å². The first-order valence-corrected chi connectivity index (χ1v) is 6.82. The van der Waals surface area contributed by atoms with E-state index in [9.17, 15) is 0 Å². The summed E-state index contributed by atoms with van der Waals surface area (Å²) in [5.74, 6) is 2.56. The Morgan fingerprint density at radius 1 is 1.30 bits per heavy atom. The van der Waals surface area contributed by atoms with E-state index in [4.69, 9.17) is 9.47 Å². The van der Waals surface area contributed by atoms with Crippen molar-refractivity contribution in [2.45, 2.75) is 19.9 Å². The lowest BCUT2D eigenvalue weighted by molar-refractivity contribution is 0.310. The highest BCUT2D eigenvalue weighted by molar-refractivity contribution is 5.42. The van der Waals surface area contributed by atoms with E-state index < -0.39 is 0 Å². The fourth-order valence-corrected chi connectivity index (χ4v) is 1.97. The van der Waals surface area contributed by atoms with Gasteiger partial charge in [-0.15, -0.1) is 0 Å². The molecule has 0 amide bonds. The van der Waals surface area contributed by atoms with Crippen LogP contribution < -0.4 is 14.8 Å². The smallest absolute Gasteiger partial charge is 0.161 e. The molecule has 0 aliphatic heterocycles. The summed E-state index contributed by atoms with van der Waals surface area (Å²) in [6, 6.07) is 6.00. The van der Waals surface area contributed by atoms with Gasteiger partial charge in [0.05, 0.1) is 13.7 Å². The number of hydrogen-bond donors (Lipinski definition) is 2. The first-order valence-electron chi connectivity index (χ1n) is 6.82. The van der Waals surface area contributed by atoms with Crippen molar-refractivity contribution in [2.24, 2.45) is 0 Å². The van der Waals surface area contributed by atoms with Crippen molar-refractivity contribution in [2.75, 3.05) is 20.3 Å². The molecule has 108 valence electrons. The Morgan fingerprint density at radius 3 is 2.90 bits per heavy atom. The number of imidazole rings is 1. The van der Waals surface area contributed by atoms with E-state index in [1.54, 1.807) is 13.3 Å². The normalized spacial score (nSPS) is 10.5. The molecule has 0 aliphatic rings. The van der Waals surface area contributed by atoms with Gasteiger partial charge in [0, 0.05) is 31.9 Å². The lowest BCUT2D eigenvalue weighted by Gasteiger charge is -2.11. The largest absolute Gasteiger partial charge is 0.493 e. The maximum absolute atomic E-state index is 5.57. The molecule has 0 saturated carbocycles. The van der Waals surface area contributed by atoms with Gasteiger partial charge in [-0.25, -0.2) is 4.98 Å². The van der Waals surface area contributed by atoms with Crippen LogP contribution in [0.25, 0.3) is 0 Å². The minimum atomic E-state index is 0.631. The Morgan fingerprint density at radius 2 is 2.20 bits per heavy atom. The predicted octanol–water partition coefficient (Wildman–Crippen LogP) is 2.15. The maximum atomic E-state index is 5.57. The molecule has 0 bridgehead atoms. The number of hydrogen-bond acceptors (Lipinski definition) is 4. The molecule has 5 heteroatoms. The van der Waals surface area contributed by atoms with Crippen molar-refractivity contribution < 1.29 is 9.47 Å². The van der Waals surface area contributed by atoms with Gasteiger partial charge in [0.15, 0.2) is 11.5 Å². The van der Waals surface area contributed by atoms with Gasteiger partial charge >= 0.3 is 0 Å². The van der Waals surface area contributed by atoms with Crippen LogP contribution in [0, 0.1) is 0 Å². The van der Waals surface area contributed by atoms with Gasteiger partial charge in [0.1, 0.15) is 5.82 Å². The Kier molecular flexibility index (Phi) is 5.43. The molecule has 2 aromatic rings. The Labute approximate surface area is 119 Å². The molecule has 1 aromatic carbocycles. The van der Waals surface area contributed by atoms with E-state index in [0.717, 1.165) is 36.8 Å². The summed E-state index contributed by atoms with van der Waals surface area (Å²) in [4.78, 5) is 7.28. The van der Waals surface area contributed by atoms with Gasteiger partial charge in [-0.1, -0.05) is 6.07 Å². The average Bonchev–Trinajstić information content (AvgIpc) is 2.97. The first kappa shape index (κ1) is 14.4. The van der Waals surface area contributed by atoms with E-state index in [-0.39, 0.29) is 0 Å². The van der Waals surface area contributed by atoms with Gasteiger partial charge < -0.3 is 19.8 Å². The summed E-state index contributed by atoms with van der Waals surface area (Å²) in [7, 11) is 1.65. The third-order valence-corrected chi connectivity index (χ3v) is 2.95. The molecule has 0 atom stereocenters. The molecule has 5 nitrogen and oxygen atoms in total. The lowest BCUT2D eigenvalue weighted by atomic mass is 10.2. The van der Waals surface area contributed by atoms with Crippen molar-refractivity contribution >= 4 is 0 Å². The number of rotatable bonds is 8. The molecule has 2 rings (SSSR count). The van der Waals surface area contributed by atoms with Gasteiger partial charge in [-0.05, 0) is 24.6 Å². The molecule has 0 aliphatic carbocycles. The SMILES string of the molecule is CCOc1cc(CNCCc2ncc[nH]2)ccc1OC. The van der Waals surface area contributed by atoms with Crippen LogP contribution in [-0.2, 0) is 13.0 Å². The molecule has 0 radical (unpaired) electrons. The van der Waals surface area contributed by atoms with E-state index in [1.807, 2.05) is 31.3 Å². The van der Waals surface area contributed by atoms with E-state index in [0.29, 0.717) is 6.61 Å². The lowest BCUT2D eigenvalue weighted by Crippen LogP contribution is -2.17. The number of ether oxygens (including phenoxy) is 2. The number of aromatic nitrogens is 2. The van der Waals surface area contributed by atoms with Crippen LogP contribution in [0.1, 0.15) is 18.3 Å². The molecule has 0 fully saturated rings. The van der Waals surface area contributed by atoms with Crippen molar-refractivity contribution in [1.82, 2.24) is 15.3 Å². The van der Waals surface area contributed by atoms with Crippen LogP contribution in [0.4, 0.5) is 0 Å². The van der Waals surface area contributed by atoms with Crippen molar-refractivity contribution in [3.8, 4) is 11.5 Å². The van der Waals surface area contributed by atoms with Crippen LogP contribution in [0.2, 0.25) is 0 Å². The highest BCUT2D eigenvalue weighted by atomic mass is 16.5. The molecular weight excluding hydrogens is 254 g/mol. The summed E-state index contributed by atoms with van der Waals surface area (Å²) >= 11 is 0. The number of H-pyrrole nitrogens is 1. The summed E-state index contributed by atoms with van der Waals surface area (Å²) in [6.07, 6.45) is 4.50. The van der Waals surface area contributed by atoms with Gasteiger partial charge in [0.25, 0.3) is 0 Å². The van der Waals surface area contributed by atoms with E-state index in [1.165, 1.54) is 5.56 Å². The van der Waals surface area contributed by atoms with Crippen LogP contribution >= 0.6 is 0 Å². The van der Waals surface area contributed by atoms with Crippen LogP contribution in [0.15, 0.2) is 30.6 Å². The van der Waals surface area contributed by atoms with E-state index >= 15 is 0 Å². The zero-order chi connectivity index (χ0) is 14.2. The summed E-state index contributed by atoms with van der Waals surface area (Å²) in [5.41, 5.74) is 1.17. The second kappa shape index (κ2) is 7.55. The minimum absolute atomic E-state index is 0.631. The van der Waals surface area contributed by atoms with Crippen LogP contribution in [0.5, 0.6) is 11.5 Å². The second-order valence-corrected chi connectivity index (χ2v) is 4.38. The highest BCUT2D eigenvalue weighted by Gasteiger charge is 2.05. The molecule has 0 saturated heterocycles. The summed E-state index contributed by atoms with van der Waals surface area (Å²) in [5, 5.41) is 3.39. The maximum Gasteiger partial charge on any atom is 0.161 e. The third kappa shape index (κ3) is 3.99. The van der Waals surface area contributed by atoms with E-state index in [2.05, 4.69) is 15.3 Å². The quantitative estimate of drug-likeness (QED) is 0.725. The Bertz CT molecular complexity index is 512. The summed E-state index contributed by atoms with van der Waals surface area (Å²) in [6.45, 7) is 4.27. The van der Waals surface area contributed by atoms with Crippen molar-refractivity contribution in [3.05, 3.63) is 42.0 Å². The van der Waals surface area contributed by atoms with Gasteiger partial charge in [-0.2, -0.15) is 0 Å². The van der Waals surface area contributed by atoms with Crippen LogP contribution in [-0.4, -0.2) is 30.2 Å². The number of nitrogens with zero attached hydrogens (tertiary/aromatic N) is 1. The number of benzene rings is 1. The fourth-order valence-electron chi connectivity index (χ4n) is 1.97. The van der Waals surface area contributed by atoms with Crippen molar-refractivity contribution in [3.63, 3.8) is 0 Å². The zero-order valence-electron chi connectivity index (χ0n) is 12.0. The summed E-state index contributed by atoms with van der Waals surface area (Å²) < 4.78 is 10.8. The van der Waals surface area contributed by atoms with Crippen molar-refractivity contribution in [1.29, 1.82) is 0 Å². The fraction of sp³-hybridized carbons (Fsp3) is 0.400. The molecule has 0 unspecified atom stereocenters. The monoisotopic (exact) mass is 275 g/mol. The molecule has 1 heterocycles. The van der Waals surface area contributed by atoms with Gasteiger partial charge in [0.2, 0.25) is 0 Å². The number of nitrogens with one attached hydrogen (secondary N) is 2. The molecule has 0 spiro atoms. The Balaban J connectivity index is 1.84. The molecule has 1 aromatic heterocycles. The first-order chi connectivity index (χ1) is 9.83. The number of methoxy groups -OCH3 is 1. The molecular formula is C15H21N3O2. The second-order valence-electron chi connectivity index (χ2n) is 4.38. The minimum Gasteiger partial charge on any atom is -0.493 e. The number of aromatic amines is 1. The standard InChI is InChI=1S/C15H21N3O2/c1-3-20-14-10-12(4-5-13(14)19-2)11-16-7-6-15-17-8-9-18-15/h4-5,8-10,16H,3,6-7,11H2,1-2H3,(H,17,18). The predicted molar refractivity (Wildman–Crippen MR) is 78.2 cm³/mol. The highest BCUT2D eigenvalue weighted by Crippen LogP contribution is 2.27. The molecule has 20 heavy (non-hydrogen) atoms. The molecule has 2 N–H and O–H groups in total.